The third kappa shape index (κ3) is 2.07. The maximum Gasteiger partial charge on any atom is 0.153 e. The van der Waals surface area contributed by atoms with Gasteiger partial charge in [-0.3, -0.25) is 0 Å². The van der Waals surface area contributed by atoms with Crippen molar-refractivity contribution in [2.75, 3.05) is 0 Å². The van der Waals surface area contributed by atoms with Crippen LogP contribution in [-0.4, -0.2) is 21.2 Å². The summed E-state index contributed by atoms with van der Waals surface area (Å²) in [5.41, 5.74) is 6.33. The SMILES string of the molecule is CC(N)Cc1nnc2c(F)cccc2n1. The highest BCUT2D eigenvalue weighted by Gasteiger charge is 2.06. The summed E-state index contributed by atoms with van der Waals surface area (Å²) in [4.78, 5) is 4.18. The summed E-state index contributed by atoms with van der Waals surface area (Å²) < 4.78 is 13.2. The quantitative estimate of drug-likeness (QED) is 0.797. The first-order valence-corrected chi connectivity index (χ1v) is 4.70. The van der Waals surface area contributed by atoms with Crippen molar-refractivity contribution in [2.24, 2.45) is 5.73 Å². The Balaban J connectivity index is 2.48. The molecule has 15 heavy (non-hydrogen) atoms. The van der Waals surface area contributed by atoms with Crippen LogP contribution in [0.3, 0.4) is 0 Å². The molecule has 1 aromatic heterocycles. The molecule has 1 aromatic carbocycles. The molecule has 2 rings (SSSR count). The fourth-order valence-electron chi connectivity index (χ4n) is 1.34. The molecule has 1 unspecified atom stereocenters. The summed E-state index contributed by atoms with van der Waals surface area (Å²) in [6, 6.07) is 4.61. The topological polar surface area (TPSA) is 64.7 Å². The Bertz CT molecular complexity index is 484. The molecule has 1 atom stereocenters. The maximum absolute atomic E-state index is 13.2. The number of halogens is 1. The van der Waals surface area contributed by atoms with Crippen molar-refractivity contribution in [3.8, 4) is 0 Å². The predicted molar refractivity (Wildman–Crippen MR) is 54.6 cm³/mol. The number of fused-ring (bicyclic) bond motifs is 1. The average Bonchev–Trinajstić information content (AvgIpc) is 2.17. The van der Waals surface area contributed by atoms with Crippen LogP contribution in [0.5, 0.6) is 0 Å². The van der Waals surface area contributed by atoms with Crippen LogP contribution in [0.2, 0.25) is 0 Å². The minimum atomic E-state index is -0.403. The Hall–Kier alpha value is -1.62. The number of hydrogen-bond acceptors (Lipinski definition) is 4. The lowest BCUT2D eigenvalue weighted by Crippen LogP contribution is -2.19. The molecule has 4 nitrogen and oxygen atoms in total. The first-order valence-electron chi connectivity index (χ1n) is 4.70. The molecule has 0 spiro atoms. The van der Waals surface area contributed by atoms with E-state index in [1.54, 1.807) is 12.1 Å². The first-order chi connectivity index (χ1) is 7.16. The van der Waals surface area contributed by atoms with Crippen LogP contribution in [-0.2, 0) is 6.42 Å². The average molecular weight is 206 g/mol. The molecule has 0 fully saturated rings. The zero-order valence-electron chi connectivity index (χ0n) is 8.31. The van der Waals surface area contributed by atoms with Gasteiger partial charge < -0.3 is 5.73 Å². The van der Waals surface area contributed by atoms with Crippen LogP contribution in [0.1, 0.15) is 12.7 Å². The van der Waals surface area contributed by atoms with Crippen molar-refractivity contribution in [3.05, 3.63) is 29.8 Å². The van der Waals surface area contributed by atoms with Crippen molar-refractivity contribution in [2.45, 2.75) is 19.4 Å². The minimum absolute atomic E-state index is 0.0298. The summed E-state index contributed by atoms with van der Waals surface area (Å²) in [6.45, 7) is 1.86. The molecule has 1 heterocycles. The molecule has 78 valence electrons. The van der Waals surface area contributed by atoms with Gasteiger partial charge in [0, 0.05) is 12.5 Å². The van der Waals surface area contributed by atoms with E-state index in [9.17, 15) is 4.39 Å². The van der Waals surface area contributed by atoms with Crippen LogP contribution in [0.25, 0.3) is 11.0 Å². The summed E-state index contributed by atoms with van der Waals surface area (Å²) in [6.07, 6.45) is 0.541. The van der Waals surface area contributed by atoms with Gasteiger partial charge in [-0.25, -0.2) is 9.37 Å². The van der Waals surface area contributed by atoms with E-state index in [0.29, 0.717) is 17.8 Å². The third-order valence-electron chi connectivity index (χ3n) is 1.98. The molecule has 0 bridgehead atoms. The number of aromatic nitrogens is 3. The van der Waals surface area contributed by atoms with Gasteiger partial charge in [-0.05, 0) is 19.1 Å². The number of rotatable bonds is 2. The largest absolute Gasteiger partial charge is 0.328 e. The van der Waals surface area contributed by atoms with E-state index in [2.05, 4.69) is 15.2 Å². The van der Waals surface area contributed by atoms with E-state index in [1.165, 1.54) is 6.07 Å². The minimum Gasteiger partial charge on any atom is -0.328 e. The summed E-state index contributed by atoms with van der Waals surface area (Å²) in [7, 11) is 0. The Kier molecular flexibility index (Phi) is 2.55. The van der Waals surface area contributed by atoms with Gasteiger partial charge >= 0.3 is 0 Å². The monoisotopic (exact) mass is 206 g/mol. The van der Waals surface area contributed by atoms with E-state index in [-0.39, 0.29) is 11.6 Å². The third-order valence-corrected chi connectivity index (χ3v) is 1.98. The van der Waals surface area contributed by atoms with Gasteiger partial charge in [0.05, 0.1) is 5.52 Å². The van der Waals surface area contributed by atoms with E-state index < -0.39 is 5.82 Å². The van der Waals surface area contributed by atoms with Gasteiger partial charge in [0.2, 0.25) is 0 Å². The molecule has 0 saturated heterocycles. The van der Waals surface area contributed by atoms with E-state index >= 15 is 0 Å². The number of hydrogen-bond donors (Lipinski definition) is 1. The summed E-state index contributed by atoms with van der Waals surface area (Å²) in [5, 5.41) is 7.62. The van der Waals surface area contributed by atoms with Gasteiger partial charge in [0.1, 0.15) is 5.52 Å². The Labute approximate surface area is 86.3 Å². The van der Waals surface area contributed by atoms with Crippen molar-refractivity contribution in [1.29, 1.82) is 0 Å². The molecule has 0 aliphatic carbocycles. The molecule has 0 amide bonds. The first kappa shape index (κ1) is 9.92. The molecule has 0 aliphatic rings. The van der Waals surface area contributed by atoms with Crippen molar-refractivity contribution in [3.63, 3.8) is 0 Å². The van der Waals surface area contributed by atoms with Crippen LogP contribution in [0.4, 0.5) is 4.39 Å². The Morgan fingerprint density at radius 1 is 1.40 bits per heavy atom. The van der Waals surface area contributed by atoms with Gasteiger partial charge in [0.25, 0.3) is 0 Å². The fourth-order valence-corrected chi connectivity index (χ4v) is 1.34. The molecule has 0 aliphatic heterocycles. The lowest BCUT2D eigenvalue weighted by Gasteiger charge is -2.03. The zero-order chi connectivity index (χ0) is 10.8. The molecular formula is C10H11FN4. The van der Waals surface area contributed by atoms with E-state index in [1.807, 2.05) is 6.92 Å². The normalized spacial score (nSPS) is 13.0. The van der Waals surface area contributed by atoms with Gasteiger partial charge in [-0.1, -0.05) is 6.07 Å². The maximum atomic E-state index is 13.2. The highest BCUT2D eigenvalue weighted by molar-refractivity contribution is 5.73. The van der Waals surface area contributed by atoms with Gasteiger partial charge in [0.15, 0.2) is 11.6 Å². The zero-order valence-corrected chi connectivity index (χ0v) is 8.31. The second-order valence-corrected chi connectivity index (χ2v) is 3.52. The molecule has 2 N–H and O–H groups in total. The fraction of sp³-hybridized carbons (Fsp3) is 0.300. The predicted octanol–water partition coefficient (Wildman–Crippen LogP) is 1.05. The van der Waals surface area contributed by atoms with Crippen LogP contribution in [0.15, 0.2) is 18.2 Å². The lowest BCUT2D eigenvalue weighted by molar-refractivity contribution is 0.631. The van der Waals surface area contributed by atoms with E-state index in [0.717, 1.165) is 0 Å². The lowest BCUT2D eigenvalue weighted by atomic mass is 10.2. The summed E-state index contributed by atoms with van der Waals surface area (Å²) >= 11 is 0. The second-order valence-electron chi connectivity index (χ2n) is 3.52. The number of nitrogens with zero attached hydrogens (tertiary/aromatic N) is 3. The molecule has 0 radical (unpaired) electrons. The number of nitrogens with two attached hydrogens (primary N) is 1. The second kappa shape index (κ2) is 3.86. The highest BCUT2D eigenvalue weighted by Crippen LogP contribution is 2.11. The van der Waals surface area contributed by atoms with Crippen molar-refractivity contribution < 1.29 is 4.39 Å². The van der Waals surface area contributed by atoms with E-state index in [4.69, 9.17) is 5.73 Å². The molecular weight excluding hydrogens is 195 g/mol. The molecule has 0 saturated carbocycles. The van der Waals surface area contributed by atoms with Crippen LogP contribution < -0.4 is 5.73 Å². The van der Waals surface area contributed by atoms with Gasteiger partial charge in [-0.15, -0.1) is 10.2 Å². The summed E-state index contributed by atoms with van der Waals surface area (Å²) in [5.74, 6) is 0.142. The Morgan fingerprint density at radius 3 is 2.93 bits per heavy atom. The molecule has 5 heteroatoms. The van der Waals surface area contributed by atoms with Crippen LogP contribution >= 0.6 is 0 Å². The molecule has 2 aromatic rings. The van der Waals surface area contributed by atoms with Crippen molar-refractivity contribution in [1.82, 2.24) is 15.2 Å². The van der Waals surface area contributed by atoms with Crippen molar-refractivity contribution >= 4 is 11.0 Å². The smallest absolute Gasteiger partial charge is 0.153 e. The van der Waals surface area contributed by atoms with Gasteiger partial charge in [-0.2, -0.15) is 0 Å². The highest BCUT2D eigenvalue weighted by atomic mass is 19.1. The number of benzene rings is 1. The Morgan fingerprint density at radius 2 is 2.20 bits per heavy atom. The standard InChI is InChI=1S/C10H11FN4/c1-6(12)5-9-13-8-4-2-3-7(11)10(8)15-14-9/h2-4,6H,5,12H2,1H3. The van der Waals surface area contributed by atoms with Crippen LogP contribution in [0, 0.1) is 5.82 Å².